The molecule has 0 amide bonds. The number of methoxy groups -OCH3 is 1. The highest BCUT2D eigenvalue weighted by Gasteiger charge is 2.25. The Hall–Kier alpha value is -0.570. The minimum Gasteiger partial charge on any atom is -0.465 e. The van der Waals surface area contributed by atoms with Crippen LogP contribution in [-0.4, -0.2) is 26.3 Å². The van der Waals surface area contributed by atoms with Crippen molar-refractivity contribution in [2.24, 2.45) is 5.92 Å². The van der Waals surface area contributed by atoms with E-state index in [2.05, 4.69) is 0 Å². The minimum absolute atomic E-state index is 0.0583. The smallest absolute Gasteiger partial charge is 0.309 e. The molecule has 0 aromatic heterocycles. The largest absolute Gasteiger partial charge is 0.465 e. The molecular weight excluding hydrogens is 132 g/mol. The fourth-order valence-electron chi connectivity index (χ4n) is 1.06. The number of ether oxygens (including phenoxy) is 2. The molecule has 1 rings (SSSR count). The van der Waals surface area contributed by atoms with Crippen molar-refractivity contribution in [3.05, 3.63) is 0 Å². The molecule has 1 aliphatic rings. The van der Waals surface area contributed by atoms with E-state index in [1.165, 1.54) is 0 Å². The van der Waals surface area contributed by atoms with Gasteiger partial charge in [0, 0.05) is 13.7 Å². The van der Waals surface area contributed by atoms with Crippen molar-refractivity contribution < 1.29 is 14.3 Å². The Balaban J connectivity index is 2.20. The van der Waals surface area contributed by atoms with E-state index in [9.17, 15) is 4.79 Å². The molecule has 1 saturated heterocycles. The second-order valence-electron chi connectivity index (χ2n) is 2.43. The maximum absolute atomic E-state index is 10.8. The van der Waals surface area contributed by atoms with Crippen LogP contribution in [0.1, 0.15) is 12.8 Å². The molecule has 3 heteroatoms. The molecule has 58 valence electrons. The summed E-state index contributed by atoms with van der Waals surface area (Å²) in [6, 6.07) is 0. The Kier molecular flexibility index (Phi) is 2.68. The summed E-state index contributed by atoms with van der Waals surface area (Å²) in [5, 5.41) is 0. The van der Waals surface area contributed by atoms with Gasteiger partial charge < -0.3 is 9.47 Å². The molecular formula is C7H12O3. The first-order valence-corrected chi connectivity index (χ1v) is 3.50. The highest BCUT2D eigenvalue weighted by Crippen LogP contribution is 2.17. The van der Waals surface area contributed by atoms with Crippen LogP contribution in [0.25, 0.3) is 0 Å². The number of hydrogen-bond donors (Lipinski definition) is 0. The minimum atomic E-state index is -0.0583. The van der Waals surface area contributed by atoms with E-state index in [-0.39, 0.29) is 11.9 Å². The zero-order chi connectivity index (χ0) is 7.40. The Labute approximate surface area is 60.3 Å². The summed E-state index contributed by atoms with van der Waals surface area (Å²) in [7, 11) is 1.64. The van der Waals surface area contributed by atoms with Crippen molar-refractivity contribution in [1.82, 2.24) is 0 Å². The van der Waals surface area contributed by atoms with Crippen LogP contribution in [0.4, 0.5) is 0 Å². The molecule has 0 N–H and O–H groups in total. The zero-order valence-electron chi connectivity index (χ0n) is 6.13. The van der Waals surface area contributed by atoms with Crippen LogP contribution in [0.2, 0.25) is 0 Å². The summed E-state index contributed by atoms with van der Waals surface area (Å²) in [6.07, 6.45) is 1.66. The lowest BCUT2D eigenvalue weighted by atomic mass is 10.1. The number of cyclic esters (lactones) is 1. The van der Waals surface area contributed by atoms with Gasteiger partial charge in [0.2, 0.25) is 0 Å². The summed E-state index contributed by atoms with van der Waals surface area (Å²) in [4.78, 5) is 10.8. The summed E-state index contributed by atoms with van der Waals surface area (Å²) in [5.74, 6) is 0.0389. The van der Waals surface area contributed by atoms with E-state index in [0.717, 1.165) is 12.8 Å². The number of carbonyl (C=O) groups is 1. The molecule has 0 aromatic rings. The summed E-state index contributed by atoms with van der Waals surface area (Å²) < 4.78 is 9.61. The molecule has 0 spiro atoms. The molecule has 10 heavy (non-hydrogen) atoms. The molecule has 3 nitrogen and oxygen atoms in total. The monoisotopic (exact) mass is 144 g/mol. The lowest BCUT2D eigenvalue weighted by Crippen LogP contribution is -2.09. The van der Waals surface area contributed by atoms with E-state index in [1.807, 2.05) is 0 Å². The Bertz CT molecular complexity index is 122. The summed E-state index contributed by atoms with van der Waals surface area (Å²) >= 11 is 0. The first-order valence-electron chi connectivity index (χ1n) is 3.50. The van der Waals surface area contributed by atoms with Crippen molar-refractivity contribution in [3.8, 4) is 0 Å². The lowest BCUT2D eigenvalue weighted by Gasteiger charge is -2.01. The summed E-state index contributed by atoms with van der Waals surface area (Å²) in [6.45, 7) is 1.24. The van der Waals surface area contributed by atoms with Crippen molar-refractivity contribution in [3.63, 3.8) is 0 Å². The van der Waals surface area contributed by atoms with Crippen LogP contribution in [-0.2, 0) is 14.3 Å². The third-order valence-corrected chi connectivity index (χ3v) is 1.71. The van der Waals surface area contributed by atoms with Gasteiger partial charge in [-0.3, -0.25) is 4.79 Å². The van der Waals surface area contributed by atoms with Crippen molar-refractivity contribution >= 4 is 5.97 Å². The van der Waals surface area contributed by atoms with E-state index in [4.69, 9.17) is 9.47 Å². The van der Waals surface area contributed by atoms with Gasteiger partial charge in [-0.1, -0.05) is 0 Å². The zero-order valence-corrected chi connectivity index (χ0v) is 6.13. The average Bonchev–Trinajstić information content (AvgIpc) is 2.31. The second-order valence-corrected chi connectivity index (χ2v) is 2.43. The SMILES string of the molecule is COCCC1CCOC1=O. The van der Waals surface area contributed by atoms with E-state index in [1.54, 1.807) is 7.11 Å². The first-order chi connectivity index (χ1) is 4.84. The molecule has 1 aliphatic heterocycles. The number of rotatable bonds is 3. The van der Waals surface area contributed by atoms with Gasteiger partial charge in [-0.25, -0.2) is 0 Å². The van der Waals surface area contributed by atoms with Gasteiger partial charge in [-0.05, 0) is 12.8 Å². The van der Waals surface area contributed by atoms with E-state index < -0.39 is 0 Å². The van der Waals surface area contributed by atoms with Gasteiger partial charge >= 0.3 is 5.97 Å². The first kappa shape index (κ1) is 7.54. The van der Waals surface area contributed by atoms with Crippen molar-refractivity contribution in [2.75, 3.05) is 20.3 Å². The van der Waals surface area contributed by atoms with Crippen LogP contribution in [0, 0.1) is 5.92 Å². The lowest BCUT2D eigenvalue weighted by molar-refractivity contribution is -0.141. The third kappa shape index (κ3) is 1.70. The maximum Gasteiger partial charge on any atom is 0.309 e. The highest BCUT2D eigenvalue weighted by atomic mass is 16.5. The maximum atomic E-state index is 10.8. The van der Waals surface area contributed by atoms with Crippen LogP contribution in [0.15, 0.2) is 0 Å². The summed E-state index contributed by atoms with van der Waals surface area (Å²) in [5.41, 5.74) is 0. The molecule has 1 fully saturated rings. The molecule has 1 atom stereocenters. The molecule has 1 unspecified atom stereocenters. The normalized spacial score (nSPS) is 24.9. The number of esters is 1. The highest BCUT2D eigenvalue weighted by molar-refractivity contribution is 5.73. The standard InChI is InChI=1S/C7H12O3/c1-9-4-2-6-3-5-10-7(6)8/h6H,2-5H2,1H3. The molecule has 0 aliphatic carbocycles. The van der Waals surface area contributed by atoms with Gasteiger partial charge in [0.1, 0.15) is 0 Å². The number of carbonyl (C=O) groups excluding carboxylic acids is 1. The Morgan fingerprint density at radius 3 is 3.10 bits per heavy atom. The van der Waals surface area contributed by atoms with E-state index >= 15 is 0 Å². The van der Waals surface area contributed by atoms with Crippen molar-refractivity contribution in [2.45, 2.75) is 12.8 Å². The molecule has 0 bridgehead atoms. The van der Waals surface area contributed by atoms with Gasteiger partial charge in [0.05, 0.1) is 12.5 Å². The molecule has 1 heterocycles. The van der Waals surface area contributed by atoms with E-state index in [0.29, 0.717) is 13.2 Å². The molecule has 0 saturated carbocycles. The van der Waals surface area contributed by atoms with Crippen LogP contribution in [0.3, 0.4) is 0 Å². The topological polar surface area (TPSA) is 35.5 Å². The van der Waals surface area contributed by atoms with Gasteiger partial charge in [0.25, 0.3) is 0 Å². The van der Waals surface area contributed by atoms with Gasteiger partial charge in [-0.2, -0.15) is 0 Å². The third-order valence-electron chi connectivity index (χ3n) is 1.71. The van der Waals surface area contributed by atoms with Crippen molar-refractivity contribution in [1.29, 1.82) is 0 Å². The van der Waals surface area contributed by atoms with Gasteiger partial charge in [-0.15, -0.1) is 0 Å². The average molecular weight is 144 g/mol. The Morgan fingerprint density at radius 2 is 2.60 bits per heavy atom. The second kappa shape index (κ2) is 3.56. The Morgan fingerprint density at radius 1 is 1.80 bits per heavy atom. The molecule has 0 aromatic carbocycles. The molecule has 0 radical (unpaired) electrons. The van der Waals surface area contributed by atoms with Crippen LogP contribution in [0.5, 0.6) is 0 Å². The predicted molar refractivity (Wildman–Crippen MR) is 35.6 cm³/mol. The fraction of sp³-hybridized carbons (Fsp3) is 0.857. The fourth-order valence-corrected chi connectivity index (χ4v) is 1.06. The van der Waals surface area contributed by atoms with Crippen LogP contribution < -0.4 is 0 Å². The van der Waals surface area contributed by atoms with Crippen LogP contribution >= 0.6 is 0 Å². The van der Waals surface area contributed by atoms with Gasteiger partial charge in [0.15, 0.2) is 0 Å². The quantitative estimate of drug-likeness (QED) is 0.544. The predicted octanol–water partition coefficient (Wildman–Crippen LogP) is 0.586. The number of hydrogen-bond acceptors (Lipinski definition) is 3.